The molecule has 1 aliphatic heterocycles. The molecule has 1 aliphatic rings. The highest BCUT2D eigenvalue weighted by Gasteiger charge is 2.24. The summed E-state index contributed by atoms with van der Waals surface area (Å²) in [6, 6.07) is 4.62. The maximum atomic E-state index is 4.55. The molecule has 1 unspecified atom stereocenters. The second-order valence-corrected chi connectivity index (χ2v) is 6.56. The van der Waals surface area contributed by atoms with Gasteiger partial charge in [-0.15, -0.1) is 0 Å². The van der Waals surface area contributed by atoms with Crippen LogP contribution in [0, 0.1) is 5.92 Å². The van der Waals surface area contributed by atoms with Crippen LogP contribution in [0.5, 0.6) is 0 Å². The van der Waals surface area contributed by atoms with Crippen molar-refractivity contribution >= 4 is 21.7 Å². The van der Waals surface area contributed by atoms with E-state index < -0.39 is 0 Å². The summed E-state index contributed by atoms with van der Waals surface area (Å²) in [5.74, 6) is 1.80. The molecule has 2 heterocycles. The lowest BCUT2D eigenvalue weighted by Gasteiger charge is -2.37. The van der Waals surface area contributed by atoms with Gasteiger partial charge in [-0.05, 0) is 59.8 Å². The van der Waals surface area contributed by atoms with Gasteiger partial charge in [-0.3, -0.25) is 0 Å². The van der Waals surface area contributed by atoms with E-state index in [0.29, 0.717) is 12.0 Å². The van der Waals surface area contributed by atoms with E-state index in [-0.39, 0.29) is 0 Å². The fraction of sp³-hybridized carbons (Fsp3) is 0.667. The Labute approximate surface area is 124 Å². The second kappa shape index (κ2) is 7.25. The summed E-state index contributed by atoms with van der Waals surface area (Å²) in [6.07, 6.45) is 5.74. The smallest absolute Gasteiger partial charge is 0.143 e. The Hall–Kier alpha value is -0.610. The highest BCUT2D eigenvalue weighted by atomic mass is 79.9. The SMILES string of the molecule is CC(C)CNCC1CCCCN1c1ncccc1Br. The molecule has 0 saturated carbocycles. The highest BCUT2D eigenvalue weighted by Crippen LogP contribution is 2.28. The Morgan fingerprint density at radius 2 is 2.32 bits per heavy atom. The van der Waals surface area contributed by atoms with Gasteiger partial charge in [-0.1, -0.05) is 13.8 Å². The van der Waals surface area contributed by atoms with Crippen molar-refractivity contribution in [1.29, 1.82) is 0 Å². The van der Waals surface area contributed by atoms with Gasteiger partial charge in [-0.2, -0.15) is 0 Å². The second-order valence-electron chi connectivity index (χ2n) is 5.70. The Morgan fingerprint density at radius 3 is 3.05 bits per heavy atom. The maximum absolute atomic E-state index is 4.55. The van der Waals surface area contributed by atoms with Gasteiger partial charge in [0.2, 0.25) is 0 Å². The Bertz CT molecular complexity index is 395. The molecular formula is C15H24BrN3. The van der Waals surface area contributed by atoms with Crippen molar-refractivity contribution in [2.75, 3.05) is 24.5 Å². The molecule has 0 aromatic carbocycles. The molecule has 3 nitrogen and oxygen atoms in total. The normalized spacial score (nSPS) is 20.0. The van der Waals surface area contributed by atoms with E-state index in [1.165, 1.54) is 19.3 Å². The summed E-state index contributed by atoms with van der Waals surface area (Å²) in [7, 11) is 0. The molecule has 1 saturated heterocycles. The molecule has 0 amide bonds. The molecule has 1 N–H and O–H groups in total. The first kappa shape index (κ1) is 14.8. The van der Waals surface area contributed by atoms with Crippen LogP contribution in [0.2, 0.25) is 0 Å². The van der Waals surface area contributed by atoms with Crippen LogP contribution >= 0.6 is 15.9 Å². The van der Waals surface area contributed by atoms with Crippen molar-refractivity contribution in [1.82, 2.24) is 10.3 Å². The summed E-state index contributed by atoms with van der Waals surface area (Å²) in [5.41, 5.74) is 0. The summed E-state index contributed by atoms with van der Waals surface area (Å²) >= 11 is 3.63. The third-order valence-corrected chi connectivity index (χ3v) is 4.19. The lowest BCUT2D eigenvalue weighted by molar-refractivity contribution is 0.420. The van der Waals surface area contributed by atoms with Gasteiger partial charge >= 0.3 is 0 Å². The molecule has 19 heavy (non-hydrogen) atoms. The predicted molar refractivity (Wildman–Crippen MR) is 84.6 cm³/mol. The third-order valence-electron chi connectivity index (χ3n) is 3.57. The van der Waals surface area contributed by atoms with Gasteiger partial charge in [0.15, 0.2) is 0 Å². The van der Waals surface area contributed by atoms with Crippen LogP contribution in [0.1, 0.15) is 33.1 Å². The standard InChI is InChI=1S/C15H24BrN3/c1-12(2)10-17-11-13-6-3-4-9-19(13)15-14(16)7-5-8-18-15/h5,7-8,12-13,17H,3-4,6,9-11H2,1-2H3. The molecule has 0 aliphatic carbocycles. The number of piperidine rings is 1. The first-order valence-corrected chi connectivity index (χ1v) is 8.05. The van der Waals surface area contributed by atoms with Gasteiger partial charge in [0.25, 0.3) is 0 Å². The fourth-order valence-corrected chi connectivity index (χ4v) is 3.10. The Morgan fingerprint density at radius 1 is 1.47 bits per heavy atom. The molecule has 2 rings (SSSR count). The molecule has 4 heteroatoms. The molecule has 0 spiro atoms. The van der Waals surface area contributed by atoms with E-state index in [2.05, 4.69) is 51.0 Å². The Balaban J connectivity index is 2.02. The van der Waals surface area contributed by atoms with Crippen LogP contribution in [-0.4, -0.2) is 30.7 Å². The van der Waals surface area contributed by atoms with E-state index in [9.17, 15) is 0 Å². The lowest BCUT2D eigenvalue weighted by atomic mass is 10.0. The zero-order chi connectivity index (χ0) is 13.7. The number of anilines is 1. The van der Waals surface area contributed by atoms with Crippen LogP contribution in [-0.2, 0) is 0 Å². The average molecular weight is 326 g/mol. The van der Waals surface area contributed by atoms with Crippen molar-refractivity contribution in [2.24, 2.45) is 5.92 Å². The van der Waals surface area contributed by atoms with E-state index >= 15 is 0 Å². The molecule has 1 aromatic heterocycles. The summed E-state index contributed by atoms with van der Waals surface area (Å²) in [5, 5.41) is 3.59. The maximum Gasteiger partial charge on any atom is 0.143 e. The average Bonchev–Trinajstić information content (AvgIpc) is 2.40. The van der Waals surface area contributed by atoms with Gasteiger partial charge in [0.05, 0.1) is 4.47 Å². The number of halogens is 1. The monoisotopic (exact) mass is 325 g/mol. The molecule has 1 aromatic rings. The van der Waals surface area contributed by atoms with Gasteiger partial charge < -0.3 is 10.2 Å². The van der Waals surface area contributed by atoms with E-state index in [1.807, 2.05) is 12.3 Å². The quantitative estimate of drug-likeness (QED) is 0.898. The number of hydrogen-bond donors (Lipinski definition) is 1. The Kier molecular flexibility index (Phi) is 5.64. The number of rotatable bonds is 5. The van der Waals surface area contributed by atoms with Gasteiger partial charge in [0, 0.05) is 25.3 Å². The minimum absolute atomic E-state index is 0.568. The van der Waals surface area contributed by atoms with Crippen LogP contribution < -0.4 is 10.2 Å². The van der Waals surface area contributed by atoms with Crippen LogP contribution in [0.4, 0.5) is 5.82 Å². The zero-order valence-electron chi connectivity index (χ0n) is 11.9. The van der Waals surface area contributed by atoms with Crippen LogP contribution in [0.15, 0.2) is 22.8 Å². The first-order chi connectivity index (χ1) is 9.18. The third kappa shape index (κ3) is 4.18. The van der Waals surface area contributed by atoms with Crippen molar-refractivity contribution in [3.8, 4) is 0 Å². The number of aromatic nitrogens is 1. The molecule has 106 valence electrons. The van der Waals surface area contributed by atoms with Gasteiger partial charge in [-0.25, -0.2) is 4.98 Å². The highest BCUT2D eigenvalue weighted by molar-refractivity contribution is 9.10. The fourth-order valence-electron chi connectivity index (χ4n) is 2.62. The predicted octanol–water partition coefficient (Wildman–Crippen LogP) is 3.45. The summed E-state index contributed by atoms with van der Waals surface area (Å²) < 4.78 is 1.10. The molecule has 0 radical (unpaired) electrons. The lowest BCUT2D eigenvalue weighted by Crippen LogP contribution is -2.46. The van der Waals surface area contributed by atoms with Crippen molar-refractivity contribution in [3.05, 3.63) is 22.8 Å². The van der Waals surface area contributed by atoms with Crippen molar-refractivity contribution in [2.45, 2.75) is 39.2 Å². The van der Waals surface area contributed by atoms with Crippen molar-refractivity contribution in [3.63, 3.8) is 0 Å². The molecule has 1 fully saturated rings. The minimum Gasteiger partial charge on any atom is -0.351 e. The van der Waals surface area contributed by atoms with Crippen LogP contribution in [0.3, 0.4) is 0 Å². The first-order valence-electron chi connectivity index (χ1n) is 7.26. The van der Waals surface area contributed by atoms with E-state index in [1.54, 1.807) is 0 Å². The van der Waals surface area contributed by atoms with E-state index in [4.69, 9.17) is 0 Å². The molecule has 0 bridgehead atoms. The zero-order valence-corrected chi connectivity index (χ0v) is 13.5. The summed E-state index contributed by atoms with van der Waals surface area (Å²) in [4.78, 5) is 7.01. The number of nitrogens with one attached hydrogen (secondary N) is 1. The van der Waals surface area contributed by atoms with Gasteiger partial charge in [0.1, 0.15) is 5.82 Å². The summed E-state index contributed by atoms with van der Waals surface area (Å²) in [6.45, 7) is 7.76. The molecular weight excluding hydrogens is 302 g/mol. The van der Waals surface area contributed by atoms with Crippen LogP contribution in [0.25, 0.3) is 0 Å². The van der Waals surface area contributed by atoms with Crippen molar-refractivity contribution < 1.29 is 0 Å². The molecule has 1 atom stereocenters. The minimum atomic E-state index is 0.568. The topological polar surface area (TPSA) is 28.2 Å². The van der Waals surface area contributed by atoms with E-state index in [0.717, 1.165) is 29.9 Å². The largest absolute Gasteiger partial charge is 0.351 e. The number of pyridine rings is 1. The number of nitrogens with zero attached hydrogens (tertiary/aromatic N) is 2. The number of hydrogen-bond acceptors (Lipinski definition) is 3.